The van der Waals surface area contributed by atoms with Gasteiger partial charge in [0.15, 0.2) is 23.2 Å². The van der Waals surface area contributed by atoms with Crippen LogP contribution >= 0.6 is 12.2 Å². The van der Waals surface area contributed by atoms with Crippen LogP contribution in [0.4, 0.5) is 5.69 Å². The van der Waals surface area contributed by atoms with Gasteiger partial charge in [-0.2, -0.15) is 0 Å². The summed E-state index contributed by atoms with van der Waals surface area (Å²) in [6.45, 7) is 8.04. The second kappa shape index (κ2) is 10.1. The SMILES string of the molecule is Cc1ccc(OCC(=O)NC(=S)Nc2ccc(Cc3nc4cc(C)c(C)cc4o3)cc2)cc1C. The maximum Gasteiger partial charge on any atom is 0.264 e. The van der Waals surface area contributed by atoms with Crippen LogP contribution in [0.2, 0.25) is 0 Å². The van der Waals surface area contributed by atoms with E-state index in [0.29, 0.717) is 18.1 Å². The highest BCUT2D eigenvalue weighted by atomic mass is 32.1. The molecule has 1 aromatic heterocycles. The molecule has 0 aliphatic heterocycles. The summed E-state index contributed by atoms with van der Waals surface area (Å²) in [5, 5.41) is 5.87. The van der Waals surface area contributed by atoms with Gasteiger partial charge in [-0.25, -0.2) is 4.98 Å². The van der Waals surface area contributed by atoms with Gasteiger partial charge in [-0.05, 0) is 104 Å². The molecule has 0 aliphatic carbocycles. The van der Waals surface area contributed by atoms with E-state index in [1.807, 2.05) is 68.4 Å². The van der Waals surface area contributed by atoms with Crippen LogP contribution in [0.15, 0.2) is 59.0 Å². The van der Waals surface area contributed by atoms with Gasteiger partial charge in [-0.3, -0.25) is 10.1 Å². The number of oxazole rings is 1. The summed E-state index contributed by atoms with van der Waals surface area (Å²) in [5.41, 5.74) is 8.17. The van der Waals surface area contributed by atoms with E-state index in [1.54, 1.807) is 0 Å². The van der Waals surface area contributed by atoms with E-state index in [9.17, 15) is 4.79 Å². The fourth-order valence-corrected chi connectivity index (χ4v) is 3.69. The Bertz CT molecular complexity index is 1320. The van der Waals surface area contributed by atoms with Crippen LogP contribution in [-0.2, 0) is 11.2 Å². The third-order valence-electron chi connectivity index (χ3n) is 5.72. The number of fused-ring (bicyclic) bond motifs is 1. The summed E-state index contributed by atoms with van der Waals surface area (Å²) >= 11 is 5.25. The summed E-state index contributed by atoms with van der Waals surface area (Å²) in [6.07, 6.45) is 0.587. The lowest BCUT2D eigenvalue weighted by Crippen LogP contribution is -2.37. The van der Waals surface area contributed by atoms with E-state index in [2.05, 4.69) is 29.5 Å². The third kappa shape index (κ3) is 5.80. The van der Waals surface area contributed by atoms with E-state index < -0.39 is 0 Å². The van der Waals surface area contributed by atoms with E-state index in [1.165, 1.54) is 16.7 Å². The predicted molar refractivity (Wildman–Crippen MR) is 139 cm³/mol. The zero-order valence-corrected chi connectivity index (χ0v) is 20.5. The monoisotopic (exact) mass is 473 g/mol. The van der Waals surface area contributed by atoms with Gasteiger partial charge in [0.05, 0.1) is 0 Å². The summed E-state index contributed by atoms with van der Waals surface area (Å²) in [4.78, 5) is 16.8. The standard InChI is InChI=1S/C27H27N3O3S/c1-16-5-10-22(11-17(16)2)32-15-25(31)30-27(34)28-21-8-6-20(7-9-21)14-26-29-23-12-18(3)19(4)13-24(23)33-26/h5-13H,14-15H2,1-4H3,(H2,28,30,31,34). The largest absolute Gasteiger partial charge is 0.484 e. The lowest BCUT2D eigenvalue weighted by molar-refractivity contribution is -0.121. The predicted octanol–water partition coefficient (Wildman–Crippen LogP) is 5.54. The lowest BCUT2D eigenvalue weighted by Gasteiger charge is -2.11. The topological polar surface area (TPSA) is 76.4 Å². The molecule has 0 radical (unpaired) electrons. The van der Waals surface area contributed by atoms with Crippen LogP contribution in [0.3, 0.4) is 0 Å². The minimum absolute atomic E-state index is 0.118. The zero-order chi connectivity index (χ0) is 24.2. The smallest absolute Gasteiger partial charge is 0.264 e. The van der Waals surface area contributed by atoms with E-state index in [4.69, 9.17) is 21.4 Å². The maximum absolute atomic E-state index is 12.2. The van der Waals surface area contributed by atoms with Crippen molar-refractivity contribution in [2.75, 3.05) is 11.9 Å². The molecule has 1 amide bonds. The van der Waals surface area contributed by atoms with Gasteiger partial charge in [0.2, 0.25) is 0 Å². The zero-order valence-electron chi connectivity index (χ0n) is 19.7. The van der Waals surface area contributed by atoms with E-state index >= 15 is 0 Å². The van der Waals surface area contributed by atoms with Gasteiger partial charge < -0.3 is 14.5 Å². The Kier molecular flexibility index (Phi) is 6.93. The molecule has 4 aromatic rings. The second-order valence-corrected chi connectivity index (χ2v) is 8.83. The molecule has 174 valence electrons. The highest BCUT2D eigenvalue weighted by molar-refractivity contribution is 7.80. The Morgan fingerprint density at radius 3 is 2.38 bits per heavy atom. The number of hydrogen-bond donors (Lipinski definition) is 2. The molecular formula is C27H27N3O3S. The van der Waals surface area contributed by atoms with Gasteiger partial charge in [-0.15, -0.1) is 0 Å². The molecule has 0 saturated carbocycles. The van der Waals surface area contributed by atoms with Gasteiger partial charge in [0, 0.05) is 12.1 Å². The Morgan fingerprint density at radius 2 is 1.65 bits per heavy atom. The average Bonchev–Trinajstić information content (AvgIpc) is 3.17. The highest BCUT2D eigenvalue weighted by Gasteiger charge is 2.10. The number of rotatable bonds is 6. The number of hydrogen-bond acceptors (Lipinski definition) is 5. The molecule has 4 rings (SSSR count). The van der Waals surface area contributed by atoms with Crippen molar-refractivity contribution in [2.45, 2.75) is 34.1 Å². The molecular weight excluding hydrogens is 446 g/mol. The van der Waals surface area contributed by atoms with E-state index in [0.717, 1.165) is 27.9 Å². The summed E-state index contributed by atoms with van der Waals surface area (Å²) in [5.74, 6) is 0.998. The molecule has 0 unspecified atom stereocenters. The van der Waals surface area contributed by atoms with Crippen molar-refractivity contribution in [1.29, 1.82) is 0 Å². The average molecular weight is 474 g/mol. The van der Waals surface area contributed by atoms with Gasteiger partial charge in [-0.1, -0.05) is 18.2 Å². The molecule has 1 heterocycles. The first-order valence-corrected chi connectivity index (χ1v) is 11.4. The van der Waals surface area contributed by atoms with Crippen molar-refractivity contribution in [2.24, 2.45) is 0 Å². The van der Waals surface area contributed by atoms with Crippen LogP contribution in [-0.4, -0.2) is 22.6 Å². The van der Waals surface area contributed by atoms with Crippen LogP contribution in [0.5, 0.6) is 5.75 Å². The molecule has 2 N–H and O–H groups in total. The normalized spacial score (nSPS) is 10.8. The number of aryl methyl sites for hydroxylation is 4. The highest BCUT2D eigenvalue weighted by Crippen LogP contribution is 2.22. The maximum atomic E-state index is 12.2. The Hall–Kier alpha value is -3.71. The van der Waals surface area contributed by atoms with Gasteiger partial charge >= 0.3 is 0 Å². The minimum atomic E-state index is -0.325. The quantitative estimate of drug-likeness (QED) is 0.358. The summed E-state index contributed by atoms with van der Waals surface area (Å²) < 4.78 is 11.5. The number of ether oxygens (including phenoxy) is 1. The molecule has 0 bridgehead atoms. The summed E-state index contributed by atoms with van der Waals surface area (Å²) in [7, 11) is 0. The molecule has 0 spiro atoms. The molecule has 6 nitrogen and oxygen atoms in total. The van der Waals surface area contributed by atoms with Crippen molar-refractivity contribution in [3.05, 3.63) is 88.3 Å². The number of carbonyl (C=O) groups is 1. The first-order chi connectivity index (χ1) is 16.3. The van der Waals surface area contributed by atoms with Crippen molar-refractivity contribution in [3.63, 3.8) is 0 Å². The van der Waals surface area contributed by atoms with Crippen LogP contribution in [0.1, 0.15) is 33.7 Å². The lowest BCUT2D eigenvalue weighted by atomic mass is 10.1. The van der Waals surface area contributed by atoms with Gasteiger partial charge in [0.1, 0.15) is 11.3 Å². The van der Waals surface area contributed by atoms with Crippen LogP contribution in [0.25, 0.3) is 11.1 Å². The molecule has 3 aromatic carbocycles. The molecule has 34 heavy (non-hydrogen) atoms. The molecule has 0 atom stereocenters. The second-order valence-electron chi connectivity index (χ2n) is 8.42. The van der Waals surface area contributed by atoms with Crippen LogP contribution in [0, 0.1) is 27.7 Å². The number of anilines is 1. The first kappa shape index (κ1) is 23.4. The molecule has 0 fully saturated rings. The molecule has 0 saturated heterocycles. The van der Waals surface area contributed by atoms with Crippen molar-refractivity contribution >= 4 is 40.0 Å². The van der Waals surface area contributed by atoms with Gasteiger partial charge in [0.25, 0.3) is 5.91 Å². The Morgan fingerprint density at radius 1 is 0.941 bits per heavy atom. The number of thiocarbonyl (C=S) groups is 1. The number of nitrogens with one attached hydrogen (secondary N) is 2. The fraction of sp³-hybridized carbons (Fsp3) is 0.222. The molecule has 0 aliphatic rings. The van der Waals surface area contributed by atoms with Crippen molar-refractivity contribution in [3.8, 4) is 5.75 Å². The fourth-order valence-electron chi connectivity index (χ4n) is 3.46. The minimum Gasteiger partial charge on any atom is -0.484 e. The van der Waals surface area contributed by atoms with Crippen molar-refractivity contribution < 1.29 is 13.9 Å². The Labute approximate surface area is 204 Å². The van der Waals surface area contributed by atoms with Crippen LogP contribution < -0.4 is 15.4 Å². The third-order valence-corrected chi connectivity index (χ3v) is 5.92. The number of benzene rings is 3. The molecule has 7 heteroatoms. The number of aromatic nitrogens is 1. The number of carbonyl (C=O) groups excluding carboxylic acids is 1. The Balaban J connectivity index is 1.28. The summed E-state index contributed by atoms with van der Waals surface area (Å²) in [6, 6.07) is 17.5. The van der Waals surface area contributed by atoms with E-state index in [-0.39, 0.29) is 17.6 Å². The number of amides is 1. The van der Waals surface area contributed by atoms with Crippen molar-refractivity contribution in [1.82, 2.24) is 10.3 Å². The number of nitrogens with zero attached hydrogens (tertiary/aromatic N) is 1. The first-order valence-electron chi connectivity index (χ1n) is 11.0.